The Labute approximate surface area is 251 Å². The molecule has 5 aromatic rings. The van der Waals surface area contributed by atoms with E-state index in [0.717, 1.165) is 24.3 Å². The van der Waals surface area contributed by atoms with Crippen molar-refractivity contribution >= 4 is 17.0 Å². The molecule has 3 aromatic carbocycles. The van der Waals surface area contributed by atoms with Gasteiger partial charge in [0.1, 0.15) is 35.4 Å². The smallest absolute Gasteiger partial charge is 0.335 e. The van der Waals surface area contributed by atoms with Gasteiger partial charge in [-0.3, -0.25) is 0 Å². The number of hydrogen-bond donors (Lipinski definition) is 1. The Morgan fingerprint density at radius 3 is 2.47 bits per heavy atom. The maximum absolute atomic E-state index is 15.4. The first-order valence-electron chi connectivity index (χ1n) is 13.5. The second-order valence-corrected chi connectivity index (χ2v) is 10.2. The highest BCUT2D eigenvalue weighted by molar-refractivity contribution is 5.92. The largest absolute Gasteiger partial charge is 0.478 e. The van der Waals surface area contributed by atoms with E-state index < -0.39 is 58.9 Å². The fraction of sp³-hybridized carbons (Fsp3) is 0.194. The molecule has 0 amide bonds. The van der Waals surface area contributed by atoms with Gasteiger partial charge in [0.15, 0.2) is 11.6 Å². The number of aromatic nitrogens is 4. The molecule has 1 fully saturated rings. The van der Waals surface area contributed by atoms with Gasteiger partial charge in [-0.05, 0) is 48.4 Å². The van der Waals surface area contributed by atoms with Crippen LogP contribution in [0, 0.1) is 40.4 Å². The standard InChI is InChI=1S/C31H20F5N5O4/c32-21-5-15(11-37)1-2-16(21)14-45-30-25(36)12-38-29(40-30)20-10-22(33)17(6-23(20)34)9-27-39-28-24(35)7-18(31(42)43)8-26(28)41(27)13-19-3-4-44-19/h1-2,5-8,10,12,19H,3-4,9,13-14H2,(H,42,43)/t19-/m0/s1. The van der Waals surface area contributed by atoms with E-state index in [9.17, 15) is 23.1 Å². The number of ether oxygens (including phenoxy) is 2. The highest BCUT2D eigenvalue weighted by Gasteiger charge is 2.25. The average Bonchev–Trinajstić information content (AvgIpc) is 3.33. The minimum absolute atomic E-state index is 0.00379. The minimum Gasteiger partial charge on any atom is -0.478 e. The van der Waals surface area contributed by atoms with E-state index in [2.05, 4.69) is 15.0 Å². The van der Waals surface area contributed by atoms with E-state index in [1.165, 1.54) is 22.8 Å². The Bertz CT molecular complexity index is 2020. The predicted octanol–water partition coefficient (Wildman–Crippen LogP) is 5.72. The van der Waals surface area contributed by atoms with Crippen LogP contribution in [0.2, 0.25) is 0 Å². The van der Waals surface area contributed by atoms with Crippen molar-refractivity contribution in [1.82, 2.24) is 19.5 Å². The molecule has 0 aliphatic carbocycles. The van der Waals surface area contributed by atoms with E-state index in [1.807, 2.05) is 0 Å². The van der Waals surface area contributed by atoms with Crippen molar-refractivity contribution < 1.29 is 41.3 Å². The fourth-order valence-electron chi connectivity index (χ4n) is 4.85. The van der Waals surface area contributed by atoms with Crippen molar-refractivity contribution in [2.24, 2.45) is 0 Å². The van der Waals surface area contributed by atoms with Gasteiger partial charge in [-0.25, -0.2) is 32.3 Å². The van der Waals surface area contributed by atoms with Crippen LogP contribution in [0.3, 0.4) is 0 Å². The zero-order valence-electron chi connectivity index (χ0n) is 23.0. The maximum Gasteiger partial charge on any atom is 0.335 e. The summed E-state index contributed by atoms with van der Waals surface area (Å²) >= 11 is 0. The van der Waals surface area contributed by atoms with Crippen molar-refractivity contribution in [3.63, 3.8) is 0 Å². The van der Waals surface area contributed by atoms with Crippen LogP contribution in [-0.2, 0) is 24.3 Å². The van der Waals surface area contributed by atoms with E-state index >= 15 is 8.78 Å². The van der Waals surface area contributed by atoms with Gasteiger partial charge in [-0.2, -0.15) is 14.6 Å². The molecule has 0 saturated carbocycles. The van der Waals surface area contributed by atoms with Gasteiger partial charge in [0.25, 0.3) is 5.88 Å². The number of carbonyl (C=O) groups is 1. The first kappa shape index (κ1) is 29.6. The number of imidazole rings is 1. The van der Waals surface area contributed by atoms with Gasteiger partial charge < -0.3 is 19.1 Å². The number of carboxylic acids is 1. The molecule has 0 radical (unpaired) electrons. The summed E-state index contributed by atoms with van der Waals surface area (Å²) in [5, 5.41) is 18.3. The van der Waals surface area contributed by atoms with E-state index in [0.29, 0.717) is 19.2 Å². The summed E-state index contributed by atoms with van der Waals surface area (Å²) in [6.07, 6.45) is 0.857. The molecule has 3 heterocycles. The highest BCUT2D eigenvalue weighted by atomic mass is 19.1. The molecule has 45 heavy (non-hydrogen) atoms. The van der Waals surface area contributed by atoms with E-state index in [-0.39, 0.29) is 58.2 Å². The summed E-state index contributed by atoms with van der Waals surface area (Å²) in [7, 11) is 0. The molecule has 1 N–H and O–H groups in total. The number of halogens is 5. The molecular formula is C31H20F5N5O4. The molecule has 0 unspecified atom stereocenters. The summed E-state index contributed by atoms with van der Waals surface area (Å²) < 4.78 is 86.5. The normalized spacial score (nSPS) is 14.3. The Balaban J connectivity index is 1.30. The second kappa shape index (κ2) is 11.9. The first-order chi connectivity index (χ1) is 21.6. The molecule has 0 bridgehead atoms. The summed E-state index contributed by atoms with van der Waals surface area (Å²) in [5.41, 5.74) is -0.742. The molecule has 1 atom stereocenters. The highest BCUT2D eigenvalue weighted by Crippen LogP contribution is 2.30. The van der Waals surface area contributed by atoms with Crippen molar-refractivity contribution in [2.45, 2.75) is 32.1 Å². The molecule has 1 aliphatic rings. The molecule has 228 valence electrons. The van der Waals surface area contributed by atoms with Crippen LogP contribution in [0.5, 0.6) is 5.88 Å². The van der Waals surface area contributed by atoms with Gasteiger partial charge in [-0.15, -0.1) is 0 Å². The first-order valence-corrected chi connectivity index (χ1v) is 13.5. The second-order valence-electron chi connectivity index (χ2n) is 10.2. The third-order valence-electron chi connectivity index (χ3n) is 7.30. The van der Waals surface area contributed by atoms with Crippen LogP contribution in [-0.4, -0.2) is 43.3 Å². The molecule has 1 aliphatic heterocycles. The molecule has 9 nitrogen and oxygen atoms in total. The molecule has 1 saturated heterocycles. The number of rotatable bonds is 9. The third kappa shape index (κ3) is 5.89. The van der Waals surface area contributed by atoms with E-state index in [1.54, 1.807) is 6.07 Å². The van der Waals surface area contributed by atoms with Crippen LogP contribution in [0.25, 0.3) is 22.4 Å². The lowest BCUT2D eigenvalue weighted by Gasteiger charge is -2.27. The summed E-state index contributed by atoms with van der Waals surface area (Å²) in [6.45, 7) is 0.241. The van der Waals surface area contributed by atoms with Gasteiger partial charge in [0.2, 0.25) is 5.82 Å². The van der Waals surface area contributed by atoms with Gasteiger partial charge in [0.05, 0.1) is 47.1 Å². The fourth-order valence-corrected chi connectivity index (χ4v) is 4.85. The lowest BCUT2D eigenvalue weighted by Crippen LogP contribution is -2.31. The number of fused-ring (bicyclic) bond motifs is 1. The lowest BCUT2D eigenvalue weighted by molar-refractivity contribution is -0.0589. The number of benzene rings is 3. The van der Waals surface area contributed by atoms with Crippen LogP contribution in [0.15, 0.2) is 48.7 Å². The zero-order chi connectivity index (χ0) is 31.8. The topological polar surface area (TPSA) is 123 Å². The Morgan fingerprint density at radius 1 is 1.00 bits per heavy atom. The predicted molar refractivity (Wildman–Crippen MR) is 147 cm³/mol. The van der Waals surface area contributed by atoms with Gasteiger partial charge >= 0.3 is 5.97 Å². The monoisotopic (exact) mass is 621 g/mol. The number of nitriles is 1. The Hall–Kier alpha value is -5.42. The summed E-state index contributed by atoms with van der Waals surface area (Å²) in [5.74, 6) is -6.77. The van der Waals surface area contributed by atoms with Crippen LogP contribution < -0.4 is 4.74 Å². The summed E-state index contributed by atoms with van der Waals surface area (Å²) in [4.78, 5) is 23.4. The molecule has 2 aromatic heterocycles. The molecule has 0 spiro atoms. The lowest BCUT2D eigenvalue weighted by atomic mass is 10.1. The molecule has 6 rings (SSSR count). The van der Waals surface area contributed by atoms with Gasteiger partial charge in [-0.1, -0.05) is 6.07 Å². The summed E-state index contributed by atoms with van der Waals surface area (Å²) in [6, 6.07) is 9.20. The number of carboxylic acid groups (broad SMARTS) is 1. The third-order valence-corrected chi connectivity index (χ3v) is 7.30. The average molecular weight is 622 g/mol. The molecule has 14 heteroatoms. The number of aromatic carboxylic acids is 1. The SMILES string of the molecule is N#Cc1ccc(COc2nc(-c3cc(F)c(Cc4nc5c(F)cc(C(=O)O)cc5n4C[C@@H]4CCO4)cc3F)ncc2F)c(F)c1. The van der Waals surface area contributed by atoms with Crippen LogP contribution >= 0.6 is 0 Å². The Morgan fingerprint density at radius 2 is 1.78 bits per heavy atom. The van der Waals surface area contributed by atoms with Crippen LogP contribution in [0.4, 0.5) is 22.0 Å². The van der Waals surface area contributed by atoms with Crippen molar-refractivity contribution in [3.05, 3.63) is 106 Å². The van der Waals surface area contributed by atoms with Crippen molar-refractivity contribution in [2.75, 3.05) is 6.61 Å². The van der Waals surface area contributed by atoms with Crippen molar-refractivity contribution in [1.29, 1.82) is 5.26 Å². The maximum atomic E-state index is 15.4. The molecular weight excluding hydrogens is 601 g/mol. The quantitative estimate of drug-likeness (QED) is 0.208. The van der Waals surface area contributed by atoms with Gasteiger partial charge in [0, 0.05) is 18.6 Å². The Kier molecular flexibility index (Phi) is 7.86. The number of hydrogen-bond acceptors (Lipinski definition) is 7. The van der Waals surface area contributed by atoms with E-state index in [4.69, 9.17) is 14.7 Å². The van der Waals surface area contributed by atoms with Crippen molar-refractivity contribution in [3.8, 4) is 23.3 Å². The minimum atomic E-state index is -1.34. The number of nitrogens with zero attached hydrogens (tertiary/aromatic N) is 5. The zero-order valence-corrected chi connectivity index (χ0v) is 23.0. The van der Waals surface area contributed by atoms with Crippen LogP contribution in [0.1, 0.15) is 39.3 Å².